The van der Waals surface area contributed by atoms with Crippen LogP contribution in [-0.4, -0.2) is 51.6 Å². The van der Waals surface area contributed by atoms with Crippen LogP contribution in [0.2, 0.25) is 0 Å². The average Bonchev–Trinajstić information content (AvgIpc) is 1.64. The molecule has 0 fully saturated rings. The molecule has 3 aromatic heterocycles. The number of rotatable bonds is 9. The third-order valence-corrected chi connectivity index (χ3v) is 22.7. The number of aliphatic hydroxyl groups is 1. The second-order valence-corrected chi connectivity index (χ2v) is 33.2. The van der Waals surface area contributed by atoms with Crippen LogP contribution >= 0.6 is 112 Å². The first kappa shape index (κ1) is 94.4. The molecule has 8 aromatic carbocycles. The summed E-state index contributed by atoms with van der Waals surface area (Å²) in [7, 11) is 0. The van der Waals surface area contributed by atoms with Crippen LogP contribution in [0.15, 0.2) is 259 Å². The number of furan rings is 3. The number of Topliss-reactive ketones (excluding diaryl/α,β-unsaturated/α-hetero) is 1. The zero-order valence-electron chi connectivity index (χ0n) is 64.1. The zero-order valence-corrected chi connectivity index (χ0v) is 80.4. The van der Waals surface area contributed by atoms with E-state index in [0.717, 1.165) is 159 Å². The fourth-order valence-corrected chi connectivity index (χ4v) is 16.0. The first-order valence-electron chi connectivity index (χ1n) is 37.1. The van der Waals surface area contributed by atoms with Crippen molar-refractivity contribution in [2.24, 2.45) is 0 Å². The molecule has 0 bridgehead atoms. The molecule has 17 rings (SSSR count). The van der Waals surface area contributed by atoms with Gasteiger partial charge in [-0.3, -0.25) is 9.59 Å². The summed E-state index contributed by atoms with van der Waals surface area (Å²) in [4.78, 5) is 25.9. The smallest absolute Gasteiger partial charge is 1.00 e. The Labute approximate surface area is 797 Å². The Bertz CT molecular complexity index is 4710. The Kier molecular flexibility index (Phi) is 43.2. The summed E-state index contributed by atoms with van der Waals surface area (Å²) >= 11 is 24.0. The number of hydrogen-bond acceptors (Lipinski definition) is 13. The predicted molar refractivity (Wildman–Crippen MR) is 466 cm³/mol. The van der Waals surface area contributed by atoms with Gasteiger partial charge in [0.25, 0.3) is 6.47 Å². The molecule has 22 heteroatoms. The Hall–Kier alpha value is -3.71. The fourth-order valence-electron chi connectivity index (χ4n) is 13.5. The summed E-state index contributed by atoms with van der Waals surface area (Å²) in [5.74, 6) is 4.65. The Morgan fingerprint density at radius 1 is 0.532 bits per heavy atom. The van der Waals surface area contributed by atoms with Gasteiger partial charge in [-0.25, -0.2) is 0 Å². The van der Waals surface area contributed by atoms with Crippen LogP contribution < -0.4 is 123 Å². The number of ketones is 1. The summed E-state index contributed by atoms with van der Waals surface area (Å²) in [6.07, 6.45) is 32.9. The zero-order chi connectivity index (χ0) is 77.4. The minimum absolute atomic E-state index is 0. The van der Waals surface area contributed by atoms with Gasteiger partial charge in [-0.15, -0.1) is 0 Å². The minimum atomic E-state index is -0.417. The number of ether oxygens (including phenoxy) is 1. The van der Waals surface area contributed by atoms with Crippen LogP contribution in [-0.2, 0) is 28.9 Å². The molecule has 0 aliphatic heterocycles. The summed E-state index contributed by atoms with van der Waals surface area (Å²) in [6, 6.07) is 59.7. The van der Waals surface area contributed by atoms with Gasteiger partial charge in [0.2, 0.25) is 0 Å². The SMILES string of the molecule is BrC1C=CCCC1.Brc1ccc(OC2C=CCCC2)cc1.Brc1ccc2oc3c(c2c1)CCCC3Nc1ccccc1.CCN(CC)c1ccccc1.O=C1CCCc2c1oc1ccc(Br)cc21.O=CO[O-].OC1CCCc2c1oc1ccc(Br)cc21.Oc1ccc(Br)cc1.Oc1ccc(Br)cc1C1C=CCCC1.[H-].[K+].[K+]. The van der Waals surface area contributed by atoms with Crippen molar-refractivity contribution < 1.29 is 157 Å². The molecule has 0 saturated carbocycles. The second-order valence-electron chi connectivity index (χ2n) is 26.6. The van der Waals surface area contributed by atoms with Crippen LogP contribution in [0.5, 0.6) is 17.2 Å². The molecule has 0 spiro atoms. The van der Waals surface area contributed by atoms with Crippen molar-refractivity contribution in [1.29, 1.82) is 0 Å². The number of halogens is 7. The van der Waals surface area contributed by atoms with Crippen molar-refractivity contribution >= 4 is 168 Å². The van der Waals surface area contributed by atoms with E-state index in [-0.39, 0.29) is 129 Å². The number of carbonyl (C=O) groups excluding carboxylic acids is 2. The predicted octanol–water partition coefficient (Wildman–Crippen LogP) is 20.6. The van der Waals surface area contributed by atoms with Crippen LogP contribution in [0, 0.1) is 0 Å². The van der Waals surface area contributed by atoms with Crippen LogP contribution in [0.1, 0.15) is 174 Å². The average molecular weight is 2000 g/mol. The van der Waals surface area contributed by atoms with Gasteiger partial charge in [0.15, 0.2) is 11.5 Å². The third-order valence-electron chi connectivity index (χ3n) is 18.9. The number of fused-ring (bicyclic) bond motifs is 9. The molecule has 3 heterocycles. The Morgan fingerprint density at radius 3 is 1.54 bits per heavy atom. The fraction of sp³-hybridized carbons (Fsp3) is 0.303. The molecule has 13 nitrogen and oxygen atoms in total. The van der Waals surface area contributed by atoms with E-state index in [2.05, 4.69) is 244 Å². The van der Waals surface area contributed by atoms with E-state index in [1.165, 1.54) is 73.6 Å². The number of benzene rings is 8. The van der Waals surface area contributed by atoms with Gasteiger partial charge in [-0.2, -0.15) is 0 Å². The first-order valence-corrected chi connectivity index (χ1v) is 42.8. The van der Waals surface area contributed by atoms with E-state index in [9.17, 15) is 15.0 Å². The summed E-state index contributed by atoms with van der Waals surface area (Å²) in [6.45, 7) is 6.34. The number of anilines is 2. The van der Waals surface area contributed by atoms with Crippen molar-refractivity contribution in [2.75, 3.05) is 23.3 Å². The standard InChI is InChI=1S/C18H16BrNO.C12H11BrO2.C12H9BrO2.2C12H13BrO.C10H15N.C6H5BrO.C6H9Br.CH2O3.2K.H/c19-12-9-10-17-15(11-12)14-7-4-8-16(18(14)21-17)20-13-5-2-1-3-6-13;2*13-7-4-5-11-9(6-7)8-2-1-3-10(14)12(8)15-11;13-10-6-8-12(9-7-10)14-11-4-2-1-3-5-11;13-10-6-7-12(14)11(8-10)9-4-2-1-3-5-9;1-3-11(4-2)10-8-6-5-7-9-10;7-5-1-3-6(8)4-2-5;7-6-4-2-1-3-5-6;2-1-4-3;;;/h1-3,5-6,9-11,16,20H,4,7-8H2;4-6,10,14H,1-3H2;4-6H,1-3H2;2,4,6-9,11H,1,3,5H2;2,4,6-9,14H,1,3,5H2;5-9H,3-4H2,1-2H3;1-4,8H;2,4,6H,1,3,5H2;1,3H;;;/q;;;;;;;;;2*+1;-1/p-1. The Balaban J connectivity index is 0.000000201. The molecule has 11 aromatic rings. The van der Waals surface area contributed by atoms with Gasteiger partial charge in [0.05, 0.1) is 6.04 Å². The summed E-state index contributed by atoms with van der Waals surface area (Å²) in [5, 5.41) is 43.8. The van der Waals surface area contributed by atoms with Gasteiger partial charge in [-0.05, 0) is 275 Å². The van der Waals surface area contributed by atoms with Crippen molar-refractivity contribution in [2.45, 2.75) is 158 Å². The number of para-hydroxylation sites is 2. The topological polar surface area (TPSA) is 191 Å². The van der Waals surface area contributed by atoms with Crippen molar-refractivity contribution in [3.8, 4) is 17.2 Å². The van der Waals surface area contributed by atoms with E-state index >= 15 is 0 Å². The number of phenolic OH excluding ortho intramolecular Hbond substituents is 2. The molecule has 0 saturated heterocycles. The Morgan fingerprint density at radius 2 is 1.02 bits per heavy atom. The van der Waals surface area contributed by atoms with Gasteiger partial charge >= 0.3 is 103 Å². The first-order chi connectivity index (χ1) is 52.9. The van der Waals surface area contributed by atoms with Gasteiger partial charge in [0.1, 0.15) is 57.7 Å². The summed E-state index contributed by atoms with van der Waals surface area (Å²) < 4.78 is 29.5. The second kappa shape index (κ2) is 50.8. The van der Waals surface area contributed by atoms with E-state index in [1.54, 1.807) is 30.3 Å². The largest absolute Gasteiger partial charge is 1.00 e. The third kappa shape index (κ3) is 30.3. The van der Waals surface area contributed by atoms with E-state index in [0.29, 0.717) is 34.4 Å². The van der Waals surface area contributed by atoms with E-state index < -0.39 is 6.10 Å². The molecule has 576 valence electrons. The van der Waals surface area contributed by atoms with Gasteiger partial charge in [0, 0.05) is 107 Å². The number of aromatic hydroxyl groups is 2. The number of nitrogens with one attached hydrogen (secondary N) is 1. The van der Waals surface area contributed by atoms with Crippen LogP contribution in [0.4, 0.5) is 11.4 Å². The van der Waals surface area contributed by atoms with Crippen molar-refractivity contribution in [3.63, 3.8) is 0 Å². The van der Waals surface area contributed by atoms with Crippen molar-refractivity contribution in [1.82, 2.24) is 0 Å². The number of hydrogen-bond donors (Lipinski definition) is 4. The molecule has 6 aliphatic rings. The number of phenols is 2. The maximum absolute atomic E-state index is 11.6. The molecular formula is C89H93Br7K2N2O11. The number of aryl methyl sites for hydroxylation is 3. The number of nitrogens with zero attached hydrogens (tertiary/aromatic N) is 1. The number of aliphatic hydroxyl groups excluding tert-OH is 1. The van der Waals surface area contributed by atoms with Crippen molar-refractivity contribution in [3.05, 3.63) is 285 Å². The number of carbonyl (C=O) groups is 2. The summed E-state index contributed by atoms with van der Waals surface area (Å²) in [5.41, 5.74) is 9.83. The molecule has 4 N–H and O–H groups in total. The molecule has 6 aliphatic carbocycles. The van der Waals surface area contributed by atoms with Crippen LogP contribution in [0.3, 0.4) is 0 Å². The van der Waals surface area contributed by atoms with Gasteiger partial charge in [-0.1, -0.05) is 178 Å². The maximum atomic E-state index is 11.6. The van der Waals surface area contributed by atoms with Crippen LogP contribution in [0.25, 0.3) is 32.9 Å². The molecule has 5 unspecified atom stereocenters. The van der Waals surface area contributed by atoms with E-state index in [4.69, 9.17) is 33.1 Å². The number of allylic oxidation sites excluding steroid dienone is 5. The maximum Gasteiger partial charge on any atom is 1.00 e. The van der Waals surface area contributed by atoms with Gasteiger partial charge < -0.3 is 55.1 Å². The normalized spacial score (nSPS) is 17.3. The molecular weight excluding hydrogens is 1910 g/mol. The van der Waals surface area contributed by atoms with E-state index in [1.807, 2.05) is 84.9 Å². The number of alkyl halides is 1. The quantitative estimate of drug-likeness (QED) is 0.0267. The molecule has 0 amide bonds. The molecule has 5 atom stereocenters. The minimum Gasteiger partial charge on any atom is -1.00 e. The molecule has 0 radical (unpaired) electrons. The molecule has 111 heavy (non-hydrogen) atoms. The monoisotopic (exact) mass is 2000 g/mol.